The Hall–Kier alpha value is -1.32. The van der Waals surface area contributed by atoms with Crippen LogP contribution < -0.4 is 10.5 Å². The van der Waals surface area contributed by atoms with E-state index in [0.29, 0.717) is 12.5 Å². The molecule has 72 valence electrons. The van der Waals surface area contributed by atoms with E-state index < -0.39 is 0 Å². The largest absolute Gasteiger partial charge is 0.477 e. The Morgan fingerprint density at radius 3 is 3.00 bits per heavy atom. The molecule has 0 aliphatic rings. The Bertz CT molecular complexity index is 276. The fourth-order valence-corrected chi connectivity index (χ4v) is 0.899. The number of unbranched alkanes of at least 4 members (excludes halogenated alkanes) is 1. The van der Waals surface area contributed by atoms with Crippen molar-refractivity contribution < 1.29 is 4.74 Å². The topological polar surface area (TPSA) is 61.0 Å². The summed E-state index contributed by atoms with van der Waals surface area (Å²) in [4.78, 5) is 7.84. The highest BCUT2D eigenvalue weighted by atomic mass is 16.5. The van der Waals surface area contributed by atoms with Gasteiger partial charge in [0.05, 0.1) is 6.61 Å². The second kappa shape index (κ2) is 4.64. The van der Waals surface area contributed by atoms with Gasteiger partial charge in [0.2, 0.25) is 11.8 Å². The maximum absolute atomic E-state index is 5.43. The lowest BCUT2D eigenvalue weighted by Gasteiger charge is -2.06. The first kappa shape index (κ1) is 9.77. The van der Waals surface area contributed by atoms with Gasteiger partial charge >= 0.3 is 0 Å². The molecule has 4 heteroatoms. The van der Waals surface area contributed by atoms with Gasteiger partial charge in [-0.05, 0) is 13.3 Å². The van der Waals surface area contributed by atoms with Crippen molar-refractivity contribution in [1.82, 2.24) is 9.97 Å². The Morgan fingerprint density at radius 2 is 2.31 bits per heavy atom. The van der Waals surface area contributed by atoms with E-state index in [4.69, 9.17) is 10.5 Å². The lowest BCUT2D eigenvalue weighted by Crippen LogP contribution is -2.03. The average Bonchev–Trinajstić information content (AvgIpc) is 2.11. The number of nitrogen functional groups attached to an aromatic ring is 1. The minimum atomic E-state index is 0.261. The third-order valence-electron chi connectivity index (χ3n) is 1.68. The van der Waals surface area contributed by atoms with Crippen molar-refractivity contribution in [2.75, 3.05) is 12.3 Å². The molecule has 0 saturated heterocycles. The van der Waals surface area contributed by atoms with E-state index in [-0.39, 0.29) is 5.95 Å². The molecular weight excluding hydrogens is 166 g/mol. The van der Waals surface area contributed by atoms with Crippen LogP contribution in [0.25, 0.3) is 0 Å². The number of hydrogen-bond acceptors (Lipinski definition) is 4. The molecule has 1 heterocycles. The summed E-state index contributed by atoms with van der Waals surface area (Å²) in [5, 5.41) is 0. The minimum Gasteiger partial charge on any atom is -0.477 e. The third kappa shape index (κ3) is 2.89. The van der Waals surface area contributed by atoms with E-state index in [1.807, 2.05) is 6.92 Å². The lowest BCUT2D eigenvalue weighted by molar-refractivity contribution is 0.295. The van der Waals surface area contributed by atoms with E-state index >= 15 is 0 Å². The van der Waals surface area contributed by atoms with Crippen LogP contribution >= 0.6 is 0 Å². The monoisotopic (exact) mass is 181 g/mol. The molecule has 1 rings (SSSR count). The summed E-state index contributed by atoms with van der Waals surface area (Å²) in [6.45, 7) is 4.71. The summed E-state index contributed by atoms with van der Waals surface area (Å²) in [5.74, 6) is 0.859. The molecule has 2 N–H and O–H groups in total. The standard InChI is InChI=1S/C9H15N3O/c1-3-4-5-13-8-7(2)6-11-9(10)12-8/h6H,3-5H2,1-2H3,(H2,10,11,12). The molecule has 0 spiro atoms. The molecule has 0 amide bonds. The van der Waals surface area contributed by atoms with Crippen molar-refractivity contribution in [3.8, 4) is 5.88 Å². The molecule has 1 aromatic rings. The zero-order valence-corrected chi connectivity index (χ0v) is 8.08. The van der Waals surface area contributed by atoms with Gasteiger partial charge in [0.15, 0.2) is 0 Å². The van der Waals surface area contributed by atoms with Gasteiger partial charge < -0.3 is 10.5 Å². The summed E-state index contributed by atoms with van der Waals surface area (Å²) in [6.07, 6.45) is 3.81. The molecule has 0 saturated carbocycles. The molecule has 0 radical (unpaired) electrons. The molecule has 13 heavy (non-hydrogen) atoms. The quantitative estimate of drug-likeness (QED) is 0.716. The number of ether oxygens (including phenoxy) is 1. The summed E-state index contributed by atoms with van der Waals surface area (Å²) in [7, 11) is 0. The van der Waals surface area contributed by atoms with Crippen LogP contribution in [0.4, 0.5) is 5.95 Å². The van der Waals surface area contributed by atoms with Crippen molar-refractivity contribution in [3.05, 3.63) is 11.8 Å². The molecule has 4 nitrogen and oxygen atoms in total. The van der Waals surface area contributed by atoms with Crippen molar-refractivity contribution in [1.29, 1.82) is 0 Å². The summed E-state index contributed by atoms with van der Waals surface area (Å²) in [6, 6.07) is 0. The molecule has 0 atom stereocenters. The van der Waals surface area contributed by atoms with E-state index in [2.05, 4.69) is 16.9 Å². The first-order chi connectivity index (χ1) is 6.24. The van der Waals surface area contributed by atoms with Crippen LogP contribution in [0.3, 0.4) is 0 Å². The minimum absolute atomic E-state index is 0.261. The molecule has 0 aliphatic heterocycles. The normalized spacial score (nSPS) is 10.0. The van der Waals surface area contributed by atoms with Gasteiger partial charge in [0.1, 0.15) is 0 Å². The average molecular weight is 181 g/mol. The Morgan fingerprint density at radius 1 is 1.54 bits per heavy atom. The van der Waals surface area contributed by atoms with Gasteiger partial charge in [-0.25, -0.2) is 4.98 Å². The fourth-order valence-electron chi connectivity index (χ4n) is 0.899. The number of nitrogens with zero attached hydrogens (tertiary/aromatic N) is 2. The van der Waals surface area contributed by atoms with Crippen molar-refractivity contribution in [2.45, 2.75) is 26.7 Å². The third-order valence-corrected chi connectivity index (χ3v) is 1.68. The number of rotatable bonds is 4. The van der Waals surface area contributed by atoms with E-state index in [0.717, 1.165) is 18.4 Å². The molecule has 0 fully saturated rings. The van der Waals surface area contributed by atoms with Gasteiger partial charge in [0.25, 0.3) is 0 Å². The van der Waals surface area contributed by atoms with E-state index in [1.165, 1.54) is 0 Å². The van der Waals surface area contributed by atoms with Crippen molar-refractivity contribution >= 4 is 5.95 Å². The van der Waals surface area contributed by atoms with Crippen LogP contribution in [-0.2, 0) is 0 Å². The summed E-state index contributed by atoms with van der Waals surface area (Å²) >= 11 is 0. The Balaban J connectivity index is 2.59. The van der Waals surface area contributed by atoms with Gasteiger partial charge in [-0.2, -0.15) is 4.98 Å². The maximum atomic E-state index is 5.43. The molecule has 0 aromatic carbocycles. The first-order valence-corrected chi connectivity index (χ1v) is 4.46. The smallest absolute Gasteiger partial charge is 0.223 e. The van der Waals surface area contributed by atoms with Crippen LogP contribution in [0.1, 0.15) is 25.3 Å². The summed E-state index contributed by atoms with van der Waals surface area (Å²) in [5.41, 5.74) is 6.35. The van der Waals surface area contributed by atoms with Gasteiger partial charge in [-0.3, -0.25) is 0 Å². The molecule has 1 aromatic heterocycles. The zero-order chi connectivity index (χ0) is 9.68. The van der Waals surface area contributed by atoms with Crippen LogP contribution in [0.15, 0.2) is 6.20 Å². The van der Waals surface area contributed by atoms with Crippen LogP contribution in [0.2, 0.25) is 0 Å². The van der Waals surface area contributed by atoms with Crippen LogP contribution in [0.5, 0.6) is 5.88 Å². The molecule has 0 aliphatic carbocycles. The SMILES string of the molecule is CCCCOc1nc(N)ncc1C. The Labute approximate surface area is 78.1 Å². The Kier molecular flexibility index (Phi) is 3.49. The number of hydrogen-bond donors (Lipinski definition) is 1. The molecule has 0 bridgehead atoms. The van der Waals surface area contributed by atoms with Gasteiger partial charge in [-0.15, -0.1) is 0 Å². The van der Waals surface area contributed by atoms with Crippen molar-refractivity contribution in [3.63, 3.8) is 0 Å². The van der Waals surface area contributed by atoms with Crippen LogP contribution in [-0.4, -0.2) is 16.6 Å². The molecular formula is C9H15N3O. The maximum Gasteiger partial charge on any atom is 0.223 e. The van der Waals surface area contributed by atoms with Gasteiger partial charge in [-0.1, -0.05) is 13.3 Å². The first-order valence-electron chi connectivity index (χ1n) is 4.46. The number of nitrogens with two attached hydrogens (primary N) is 1. The van der Waals surface area contributed by atoms with Crippen molar-refractivity contribution in [2.24, 2.45) is 0 Å². The fraction of sp³-hybridized carbons (Fsp3) is 0.556. The highest BCUT2D eigenvalue weighted by Gasteiger charge is 2.01. The van der Waals surface area contributed by atoms with E-state index in [9.17, 15) is 0 Å². The summed E-state index contributed by atoms with van der Waals surface area (Å²) < 4.78 is 5.43. The highest BCUT2D eigenvalue weighted by Crippen LogP contribution is 2.13. The van der Waals surface area contributed by atoms with E-state index in [1.54, 1.807) is 6.20 Å². The second-order valence-electron chi connectivity index (χ2n) is 2.92. The number of aromatic nitrogens is 2. The van der Waals surface area contributed by atoms with Gasteiger partial charge in [0, 0.05) is 11.8 Å². The molecule has 0 unspecified atom stereocenters. The lowest BCUT2D eigenvalue weighted by atomic mass is 10.3. The number of aryl methyl sites for hydroxylation is 1. The highest BCUT2D eigenvalue weighted by molar-refractivity contribution is 5.28. The zero-order valence-electron chi connectivity index (χ0n) is 8.08. The predicted octanol–water partition coefficient (Wildman–Crippen LogP) is 1.55. The number of anilines is 1. The van der Waals surface area contributed by atoms with Crippen LogP contribution in [0, 0.1) is 6.92 Å². The second-order valence-corrected chi connectivity index (χ2v) is 2.92. The predicted molar refractivity (Wildman–Crippen MR) is 51.6 cm³/mol.